The topological polar surface area (TPSA) is 63.8 Å². The minimum atomic E-state index is -0.293. The minimum Gasteiger partial charge on any atom is -0.504 e. The van der Waals surface area contributed by atoms with Gasteiger partial charge >= 0.3 is 5.97 Å². The maximum atomic E-state index is 12.5. The number of methoxy groups -OCH3 is 3. The zero-order valence-corrected chi connectivity index (χ0v) is 17.7. The van der Waals surface area contributed by atoms with Crippen LogP contribution in [0, 0.1) is 11.8 Å². The Bertz CT molecular complexity index is 932. The van der Waals surface area contributed by atoms with Crippen molar-refractivity contribution in [3.63, 3.8) is 0 Å². The van der Waals surface area contributed by atoms with E-state index in [1.807, 2.05) is 12.1 Å². The van der Waals surface area contributed by atoms with E-state index in [0.717, 1.165) is 43.6 Å². The monoisotopic (exact) mass is 398 g/mol. The average Bonchev–Trinajstić information content (AvgIpc) is 3.15. The summed E-state index contributed by atoms with van der Waals surface area (Å²) in [6.45, 7) is 4.19. The number of piperidine rings is 1. The number of hydrogen-bond donors (Lipinski definition) is 1. The maximum absolute atomic E-state index is 12.5. The zero-order valence-electron chi connectivity index (χ0n) is 17.7. The van der Waals surface area contributed by atoms with Crippen molar-refractivity contribution in [3.05, 3.63) is 41.3 Å². The molecule has 29 heavy (non-hydrogen) atoms. The van der Waals surface area contributed by atoms with Gasteiger partial charge in [-0.1, -0.05) is 19.4 Å². The Morgan fingerprint density at radius 2 is 2.14 bits per heavy atom. The normalized spacial score (nSPS) is 24.7. The Kier molecular flexibility index (Phi) is 5.54. The molecule has 6 heteroatoms. The molecule has 2 aromatic rings. The summed E-state index contributed by atoms with van der Waals surface area (Å²) in [6, 6.07) is 6.40. The number of esters is 1. The molecule has 4 rings (SSSR count). The van der Waals surface area contributed by atoms with Crippen molar-refractivity contribution in [2.75, 3.05) is 34.4 Å². The second-order valence-corrected chi connectivity index (χ2v) is 7.97. The molecule has 1 N–H and O–H groups in total. The van der Waals surface area contributed by atoms with Crippen LogP contribution in [0.5, 0.6) is 5.75 Å². The first-order chi connectivity index (χ1) is 14.1. The lowest BCUT2D eigenvalue weighted by molar-refractivity contribution is -0.137. The first-order valence-electron chi connectivity index (χ1n) is 10.4. The number of benzene rings is 1. The highest BCUT2D eigenvalue weighted by Gasteiger charge is 2.42. The van der Waals surface area contributed by atoms with Gasteiger partial charge in [-0.15, -0.1) is 0 Å². The smallest absolute Gasteiger partial charge is 0.337 e. The third-order valence-corrected chi connectivity index (χ3v) is 6.67. The molecule has 0 amide bonds. The van der Waals surface area contributed by atoms with Crippen LogP contribution in [-0.4, -0.2) is 50.3 Å². The molecule has 0 bridgehead atoms. The number of nitrogens with one attached hydrogen (secondary N) is 1. The van der Waals surface area contributed by atoms with Crippen molar-refractivity contribution in [1.82, 2.24) is 9.88 Å². The predicted molar refractivity (Wildman–Crippen MR) is 112 cm³/mol. The summed E-state index contributed by atoms with van der Waals surface area (Å²) >= 11 is 0. The quantitative estimate of drug-likeness (QED) is 0.471. The number of ether oxygens (including phenoxy) is 3. The number of H-pyrrole nitrogens is 1. The Morgan fingerprint density at radius 1 is 1.31 bits per heavy atom. The lowest BCUT2D eigenvalue weighted by Crippen LogP contribution is -2.47. The number of carbonyl (C=O) groups excluding carboxylic acids is 1. The van der Waals surface area contributed by atoms with Crippen molar-refractivity contribution < 1.29 is 19.0 Å². The molecule has 1 aromatic heterocycles. The highest BCUT2D eigenvalue weighted by molar-refractivity contribution is 5.91. The molecule has 3 heterocycles. The van der Waals surface area contributed by atoms with Crippen LogP contribution < -0.4 is 4.74 Å². The van der Waals surface area contributed by atoms with E-state index in [2.05, 4.69) is 22.9 Å². The van der Waals surface area contributed by atoms with Gasteiger partial charge in [0.05, 0.1) is 39.2 Å². The van der Waals surface area contributed by atoms with E-state index in [4.69, 9.17) is 14.2 Å². The molecule has 156 valence electrons. The Morgan fingerprint density at radius 3 is 2.83 bits per heavy atom. The Labute approximate surface area is 171 Å². The standard InChI is InChI=1S/C23H30N2O4/c1-5-14-12-25-10-9-15-21-18(7-6-8-20(21)28-3)24-22(15)19(25)11-16(14)17(13-27-2)23(26)29-4/h6-8,13-14,16,19,24H,5,9-12H2,1-4H3/b17-13+/t14-,16+,19-/m1/s1. The summed E-state index contributed by atoms with van der Waals surface area (Å²) in [7, 11) is 4.75. The predicted octanol–water partition coefficient (Wildman–Crippen LogP) is 3.83. The van der Waals surface area contributed by atoms with Gasteiger partial charge in [-0.2, -0.15) is 0 Å². The molecule has 0 aliphatic carbocycles. The van der Waals surface area contributed by atoms with E-state index in [1.54, 1.807) is 20.5 Å². The van der Waals surface area contributed by atoms with Crippen LogP contribution in [0.1, 0.15) is 37.1 Å². The fourth-order valence-electron chi connectivity index (χ4n) is 5.28. The fourth-order valence-corrected chi connectivity index (χ4v) is 5.28. The molecule has 0 radical (unpaired) electrons. The molecular formula is C23H30N2O4. The number of fused-ring (bicyclic) bond motifs is 5. The Balaban J connectivity index is 1.76. The van der Waals surface area contributed by atoms with Crippen LogP contribution >= 0.6 is 0 Å². The zero-order chi connectivity index (χ0) is 20.5. The van der Waals surface area contributed by atoms with Crippen molar-refractivity contribution in [3.8, 4) is 5.75 Å². The first kappa shape index (κ1) is 19.8. The van der Waals surface area contributed by atoms with Gasteiger partial charge in [0.25, 0.3) is 0 Å². The van der Waals surface area contributed by atoms with E-state index in [0.29, 0.717) is 11.5 Å². The highest BCUT2D eigenvalue weighted by Crippen LogP contribution is 2.47. The second-order valence-electron chi connectivity index (χ2n) is 7.97. The van der Waals surface area contributed by atoms with Crippen molar-refractivity contribution in [1.29, 1.82) is 0 Å². The van der Waals surface area contributed by atoms with Crippen molar-refractivity contribution >= 4 is 16.9 Å². The van der Waals surface area contributed by atoms with Crippen LogP contribution in [0.3, 0.4) is 0 Å². The highest BCUT2D eigenvalue weighted by atomic mass is 16.5. The second kappa shape index (κ2) is 8.11. The van der Waals surface area contributed by atoms with Crippen LogP contribution in [0.25, 0.3) is 10.9 Å². The lowest BCUT2D eigenvalue weighted by atomic mass is 9.74. The van der Waals surface area contributed by atoms with Gasteiger partial charge < -0.3 is 19.2 Å². The maximum Gasteiger partial charge on any atom is 0.337 e. The molecule has 0 spiro atoms. The van der Waals surface area contributed by atoms with Crippen molar-refractivity contribution in [2.24, 2.45) is 11.8 Å². The van der Waals surface area contributed by atoms with Gasteiger partial charge in [-0.25, -0.2) is 4.79 Å². The molecule has 0 saturated carbocycles. The first-order valence-corrected chi connectivity index (χ1v) is 10.4. The van der Waals surface area contributed by atoms with Gasteiger partial charge in [0.2, 0.25) is 0 Å². The number of rotatable bonds is 5. The summed E-state index contributed by atoms with van der Waals surface area (Å²) in [4.78, 5) is 18.7. The van der Waals surface area contributed by atoms with E-state index in [-0.39, 0.29) is 17.9 Å². The number of aromatic nitrogens is 1. The van der Waals surface area contributed by atoms with E-state index >= 15 is 0 Å². The molecule has 2 aliphatic heterocycles. The molecule has 3 atom stereocenters. The summed E-state index contributed by atoms with van der Waals surface area (Å²) in [6.07, 6.45) is 4.46. The number of carbonyl (C=O) groups is 1. The molecule has 6 nitrogen and oxygen atoms in total. The molecule has 1 fully saturated rings. The SMILES string of the molecule is CC[C@@H]1CN2CCc3c([nH]c4cccc(OC)c34)[C@H]2C[C@@H]1/C(=C\OC)C(=O)OC. The summed E-state index contributed by atoms with van der Waals surface area (Å²) in [5, 5.41) is 1.19. The van der Waals surface area contributed by atoms with Gasteiger partial charge in [0.1, 0.15) is 5.75 Å². The third-order valence-electron chi connectivity index (χ3n) is 6.67. The van der Waals surface area contributed by atoms with Crippen molar-refractivity contribution in [2.45, 2.75) is 32.2 Å². The molecule has 1 saturated heterocycles. The van der Waals surface area contributed by atoms with Gasteiger partial charge in [-0.05, 0) is 42.4 Å². The van der Waals surface area contributed by atoms with Crippen LogP contribution in [0.2, 0.25) is 0 Å². The molecule has 1 aromatic carbocycles. The minimum absolute atomic E-state index is 0.105. The lowest BCUT2D eigenvalue weighted by Gasteiger charge is -2.46. The van der Waals surface area contributed by atoms with Gasteiger partial charge in [-0.3, -0.25) is 4.90 Å². The largest absolute Gasteiger partial charge is 0.504 e. The van der Waals surface area contributed by atoms with Gasteiger partial charge in [0.15, 0.2) is 0 Å². The molecule has 2 aliphatic rings. The van der Waals surface area contributed by atoms with E-state index < -0.39 is 0 Å². The average molecular weight is 399 g/mol. The van der Waals surface area contributed by atoms with Crippen LogP contribution in [0.4, 0.5) is 0 Å². The Hall–Kier alpha value is -2.47. The molecular weight excluding hydrogens is 368 g/mol. The summed E-state index contributed by atoms with van der Waals surface area (Å²) < 4.78 is 16.0. The number of hydrogen-bond acceptors (Lipinski definition) is 5. The van der Waals surface area contributed by atoms with Crippen LogP contribution in [-0.2, 0) is 20.7 Å². The third kappa shape index (κ3) is 3.29. The van der Waals surface area contributed by atoms with E-state index in [9.17, 15) is 4.79 Å². The fraction of sp³-hybridized carbons (Fsp3) is 0.522. The van der Waals surface area contributed by atoms with Gasteiger partial charge in [0, 0.05) is 29.7 Å². The van der Waals surface area contributed by atoms with E-state index in [1.165, 1.54) is 23.8 Å². The summed E-state index contributed by atoms with van der Waals surface area (Å²) in [5.41, 5.74) is 4.37. The van der Waals surface area contributed by atoms with Crippen LogP contribution in [0.15, 0.2) is 30.0 Å². The number of aromatic amines is 1. The number of nitrogens with zero attached hydrogens (tertiary/aromatic N) is 1. The summed E-state index contributed by atoms with van der Waals surface area (Å²) in [5.74, 6) is 1.12. The molecule has 0 unspecified atom stereocenters.